The second-order valence-corrected chi connectivity index (χ2v) is 12.4. The molecule has 0 radical (unpaired) electrons. The van der Waals surface area contributed by atoms with E-state index in [-0.39, 0.29) is 24.2 Å². The van der Waals surface area contributed by atoms with Gasteiger partial charge in [-0.05, 0) is 16.7 Å². The molecular weight excluding hydrogens is 625 g/mol. The SMILES string of the molecule is C#CCO[C@H]1C[C@H](n2cc(C(F)(F)F)c(=O)n(C(=O)C(C)(C)C)c2=O)O[C@@H]1COC(c1ccccc1)(c1ccccc1)c1ccccc1. The molecule has 1 aliphatic rings. The van der Waals surface area contributed by atoms with Gasteiger partial charge in [-0.2, -0.15) is 17.7 Å². The second-order valence-electron chi connectivity index (χ2n) is 12.4. The largest absolute Gasteiger partial charge is 0.423 e. The molecule has 11 heteroatoms. The Morgan fingerprint density at radius 1 is 0.896 bits per heavy atom. The number of hydrogen-bond acceptors (Lipinski definition) is 6. The van der Waals surface area contributed by atoms with E-state index in [2.05, 4.69) is 5.92 Å². The molecule has 4 aromatic rings. The Hall–Kier alpha value is -4.76. The Bertz CT molecular complexity index is 1800. The van der Waals surface area contributed by atoms with Crippen LogP contribution >= 0.6 is 0 Å². The summed E-state index contributed by atoms with van der Waals surface area (Å²) in [4.78, 5) is 39.6. The highest BCUT2D eigenvalue weighted by atomic mass is 19.4. The highest BCUT2D eigenvalue weighted by Crippen LogP contribution is 2.42. The summed E-state index contributed by atoms with van der Waals surface area (Å²) in [6.45, 7) is 3.89. The van der Waals surface area contributed by atoms with E-state index in [1.165, 1.54) is 20.8 Å². The molecule has 250 valence electrons. The number of carbonyl (C=O) groups is 1. The van der Waals surface area contributed by atoms with Crippen molar-refractivity contribution in [3.63, 3.8) is 0 Å². The lowest BCUT2D eigenvalue weighted by molar-refractivity contribution is -0.140. The molecule has 0 aliphatic carbocycles. The van der Waals surface area contributed by atoms with Crippen LogP contribution < -0.4 is 11.2 Å². The molecule has 0 amide bonds. The molecule has 8 nitrogen and oxygen atoms in total. The van der Waals surface area contributed by atoms with Crippen molar-refractivity contribution >= 4 is 5.91 Å². The predicted molar refractivity (Wildman–Crippen MR) is 172 cm³/mol. The minimum Gasteiger partial charge on any atom is -0.363 e. The molecule has 0 saturated carbocycles. The molecule has 1 aliphatic heterocycles. The van der Waals surface area contributed by atoms with Crippen LogP contribution in [0.2, 0.25) is 0 Å². The third-order valence-electron chi connectivity index (χ3n) is 8.14. The molecule has 1 fully saturated rings. The van der Waals surface area contributed by atoms with Crippen LogP contribution in [0.1, 0.15) is 60.5 Å². The van der Waals surface area contributed by atoms with Gasteiger partial charge in [-0.1, -0.05) is 118 Å². The fraction of sp³-hybridized carbons (Fsp3) is 0.324. The maximum Gasteiger partial charge on any atom is 0.423 e. The van der Waals surface area contributed by atoms with Gasteiger partial charge in [-0.15, -0.1) is 6.42 Å². The molecule has 3 aromatic carbocycles. The average Bonchev–Trinajstić information content (AvgIpc) is 3.47. The van der Waals surface area contributed by atoms with Crippen LogP contribution in [0.4, 0.5) is 13.2 Å². The van der Waals surface area contributed by atoms with Crippen molar-refractivity contribution in [3.05, 3.63) is 140 Å². The van der Waals surface area contributed by atoms with Gasteiger partial charge in [0.05, 0.1) is 12.7 Å². The number of ether oxygens (including phenoxy) is 3. The second kappa shape index (κ2) is 13.8. The minimum atomic E-state index is -5.16. The van der Waals surface area contributed by atoms with Crippen LogP contribution in [0, 0.1) is 17.8 Å². The highest BCUT2D eigenvalue weighted by molar-refractivity contribution is 5.83. The van der Waals surface area contributed by atoms with Gasteiger partial charge < -0.3 is 14.2 Å². The number of rotatable bonds is 9. The van der Waals surface area contributed by atoms with Crippen molar-refractivity contribution in [1.82, 2.24) is 9.13 Å². The summed E-state index contributed by atoms with van der Waals surface area (Å²) in [6, 6.07) is 28.6. The van der Waals surface area contributed by atoms with Gasteiger partial charge in [0.2, 0.25) is 5.91 Å². The van der Waals surface area contributed by atoms with Crippen LogP contribution in [0.25, 0.3) is 0 Å². The molecule has 0 bridgehead atoms. The van der Waals surface area contributed by atoms with Crippen molar-refractivity contribution in [2.45, 2.75) is 57.4 Å². The van der Waals surface area contributed by atoms with E-state index in [9.17, 15) is 27.6 Å². The molecule has 1 aromatic heterocycles. The van der Waals surface area contributed by atoms with Gasteiger partial charge in [0.25, 0.3) is 5.56 Å². The van der Waals surface area contributed by atoms with Crippen LogP contribution in [0.3, 0.4) is 0 Å². The first kappa shape index (κ1) is 34.6. The highest BCUT2D eigenvalue weighted by Gasteiger charge is 2.45. The van der Waals surface area contributed by atoms with Gasteiger partial charge in [0.1, 0.15) is 30.1 Å². The smallest absolute Gasteiger partial charge is 0.363 e. The number of benzene rings is 3. The normalized spacial score (nSPS) is 18.4. The summed E-state index contributed by atoms with van der Waals surface area (Å²) in [7, 11) is 0. The summed E-state index contributed by atoms with van der Waals surface area (Å²) in [5.41, 5.74) is -4.78. The molecule has 2 heterocycles. The molecule has 1 saturated heterocycles. The van der Waals surface area contributed by atoms with E-state index in [0.717, 1.165) is 16.7 Å². The first-order chi connectivity index (χ1) is 22.8. The topological polar surface area (TPSA) is 88.8 Å². The minimum absolute atomic E-state index is 0.0263. The zero-order valence-electron chi connectivity index (χ0n) is 26.6. The standard InChI is InChI=1S/C37H35F3N2O6/c1-5-21-46-29-22-31(41-23-28(37(38,39)40)32(43)42(34(41)45)33(44)35(2,3)4)48-30(29)24-47-36(25-15-9-6-10-16-25,26-17-11-7-12-18-26)27-19-13-8-14-20-27/h1,6-20,23,29-31H,21-22,24H2,2-4H3/t29-,30+,31+/m0/s1. The van der Waals surface area contributed by atoms with E-state index in [1.54, 1.807) is 0 Å². The van der Waals surface area contributed by atoms with Gasteiger partial charge in [-0.3, -0.25) is 14.2 Å². The van der Waals surface area contributed by atoms with Crippen molar-refractivity contribution in [1.29, 1.82) is 0 Å². The Balaban J connectivity index is 1.59. The molecule has 48 heavy (non-hydrogen) atoms. The molecule has 3 atom stereocenters. The number of hydrogen-bond donors (Lipinski definition) is 0. The first-order valence-electron chi connectivity index (χ1n) is 15.3. The lowest BCUT2D eigenvalue weighted by atomic mass is 9.80. The van der Waals surface area contributed by atoms with Crippen LogP contribution in [0.5, 0.6) is 0 Å². The third kappa shape index (κ3) is 6.78. The summed E-state index contributed by atoms with van der Waals surface area (Å²) in [6.07, 6.45) is -2.53. The number of halogens is 3. The Labute approximate surface area is 275 Å². The number of alkyl halides is 3. The lowest BCUT2D eigenvalue weighted by Gasteiger charge is -2.37. The fourth-order valence-electron chi connectivity index (χ4n) is 5.82. The Morgan fingerprint density at radius 3 is 1.83 bits per heavy atom. The number of aromatic nitrogens is 2. The van der Waals surface area contributed by atoms with E-state index in [4.69, 9.17) is 20.6 Å². The van der Waals surface area contributed by atoms with Gasteiger partial charge in [0.15, 0.2) is 0 Å². The van der Waals surface area contributed by atoms with Crippen LogP contribution in [-0.2, 0) is 26.0 Å². The zero-order valence-corrected chi connectivity index (χ0v) is 26.6. The number of carbonyl (C=O) groups excluding carboxylic acids is 1. The Morgan fingerprint density at radius 2 is 1.40 bits per heavy atom. The summed E-state index contributed by atoms with van der Waals surface area (Å²) in [5.74, 6) is 1.29. The van der Waals surface area contributed by atoms with Crippen molar-refractivity contribution < 1.29 is 32.2 Å². The molecule has 0 spiro atoms. The van der Waals surface area contributed by atoms with Crippen molar-refractivity contribution in [3.8, 4) is 12.3 Å². The fourth-order valence-corrected chi connectivity index (χ4v) is 5.82. The van der Waals surface area contributed by atoms with Gasteiger partial charge >= 0.3 is 11.9 Å². The van der Waals surface area contributed by atoms with E-state index >= 15 is 0 Å². The van der Waals surface area contributed by atoms with Crippen molar-refractivity contribution in [2.24, 2.45) is 5.41 Å². The predicted octanol–water partition coefficient (Wildman–Crippen LogP) is 6.03. The first-order valence-corrected chi connectivity index (χ1v) is 15.3. The number of terminal acetylenes is 1. The zero-order chi connectivity index (χ0) is 34.7. The molecule has 0 N–H and O–H groups in total. The van der Waals surface area contributed by atoms with E-state index in [0.29, 0.717) is 10.8 Å². The average molecular weight is 661 g/mol. The van der Waals surface area contributed by atoms with Gasteiger partial charge in [-0.25, -0.2) is 4.79 Å². The molecular formula is C37H35F3N2O6. The van der Waals surface area contributed by atoms with Crippen LogP contribution in [0.15, 0.2) is 107 Å². The van der Waals surface area contributed by atoms with E-state index in [1.807, 2.05) is 91.0 Å². The molecule has 0 unspecified atom stereocenters. The van der Waals surface area contributed by atoms with Gasteiger partial charge in [0, 0.05) is 18.0 Å². The Kier molecular flexibility index (Phi) is 9.91. The monoisotopic (exact) mass is 660 g/mol. The maximum absolute atomic E-state index is 14.1. The van der Waals surface area contributed by atoms with Crippen molar-refractivity contribution in [2.75, 3.05) is 13.2 Å². The van der Waals surface area contributed by atoms with E-state index < -0.39 is 58.3 Å². The summed E-state index contributed by atoms with van der Waals surface area (Å²) >= 11 is 0. The quantitative estimate of drug-likeness (QED) is 0.161. The number of nitrogens with zero attached hydrogens (tertiary/aromatic N) is 2. The summed E-state index contributed by atoms with van der Waals surface area (Å²) in [5, 5.41) is 0. The molecule has 5 rings (SSSR count). The lowest BCUT2D eigenvalue weighted by Crippen LogP contribution is -2.50. The van der Waals surface area contributed by atoms with Crippen LogP contribution in [-0.4, -0.2) is 40.5 Å². The third-order valence-corrected chi connectivity index (χ3v) is 8.14. The summed E-state index contributed by atoms with van der Waals surface area (Å²) < 4.78 is 61.9. The maximum atomic E-state index is 14.1.